The van der Waals surface area contributed by atoms with Gasteiger partial charge < -0.3 is 15.4 Å². The number of hydrogen-bond donors (Lipinski definition) is 1. The number of anilines is 1. The Kier molecular flexibility index (Phi) is 4.26. The van der Waals surface area contributed by atoms with Gasteiger partial charge in [0.05, 0.1) is 6.10 Å². The minimum absolute atomic E-state index is 0.433. The minimum Gasteiger partial charge on any atom is -0.490 e. The van der Waals surface area contributed by atoms with Crippen LogP contribution in [0, 0.1) is 0 Å². The molecule has 3 nitrogen and oxygen atoms in total. The molecule has 0 bridgehead atoms. The van der Waals surface area contributed by atoms with E-state index in [1.807, 2.05) is 0 Å². The van der Waals surface area contributed by atoms with E-state index in [1.54, 1.807) is 0 Å². The largest absolute Gasteiger partial charge is 0.490 e. The van der Waals surface area contributed by atoms with Crippen molar-refractivity contribution < 1.29 is 4.74 Å². The standard InChI is InChI=1S/C14H22N2O/c1-16(11-10-15)12-6-8-14(9-7-12)17-13-4-2-3-5-13/h6-9,13H,2-5,10-11,15H2,1H3. The lowest BCUT2D eigenvalue weighted by molar-refractivity contribution is 0.210. The van der Waals surface area contributed by atoms with Crippen LogP contribution >= 0.6 is 0 Å². The zero-order chi connectivity index (χ0) is 12.1. The van der Waals surface area contributed by atoms with Crippen LogP contribution in [-0.2, 0) is 0 Å². The summed E-state index contributed by atoms with van der Waals surface area (Å²) in [4.78, 5) is 2.15. The molecule has 17 heavy (non-hydrogen) atoms. The zero-order valence-corrected chi connectivity index (χ0v) is 10.6. The summed E-state index contributed by atoms with van der Waals surface area (Å²) in [6.45, 7) is 1.56. The summed E-state index contributed by atoms with van der Waals surface area (Å²) in [7, 11) is 2.06. The first kappa shape index (κ1) is 12.2. The third-order valence-corrected chi connectivity index (χ3v) is 3.35. The van der Waals surface area contributed by atoms with Crippen molar-refractivity contribution in [3.05, 3.63) is 24.3 Å². The summed E-state index contributed by atoms with van der Waals surface area (Å²) < 4.78 is 5.93. The monoisotopic (exact) mass is 234 g/mol. The van der Waals surface area contributed by atoms with Gasteiger partial charge in [0.15, 0.2) is 0 Å². The Morgan fingerprint density at radius 2 is 1.88 bits per heavy atom. The van der Waals surface area contributed by atoms with Crippen LogP contribution in [0.25, 0.3) is 0 Å². The lowest BCUT2D eigenvalue weighted by atomic mass is 10.2. The second-order valence-electron chi connectivity index (χ2n) is 4.73. The smallest absolute Gasteiger partial charge is 0.119 e. The van der Waals surface area contributed by atoms with Crippen LogP contribution in [0.1, 0.15) is 25.7 Å². The molecule has 3 heteroatoms. The second-order valence-corrected chi connectivity index (χ2v) is 4.73. The van der Waals surface area contributed by atoms with E-state index in [0.29, 0.717) is 12.6 Å². The molecule has 0 atom stereocenters. The highest BCUT2D eigenvalue weighted by atomic mass is 16.5. The number of nitrogens with two attached hydrogens (primary N) is 1. The first-order valence-electron chi connectivity index (χ1n) is 6.47. The molecule has 1 fully saturated rings. The van der Waals surface area contributed by atoms with Crippen molar-refractivity contribution in [3.8, 4) is 5.75 Å². The molecule has 1 aromatic rings. The third kappa shape index (κ3) is 3.37. The first-order chi connectivity index (χ1) is 8.29. The lowest BCUT2D eigenvalue weighted by Gasteiger charge is -2.19. The summed E-state index contributed by atoms with van der Waals surface area (Å²) >= 11 is 0. The third-order valence-electron chi connectivity index (χ3n) is 3.35. The van der Waals surface area contributed by atoms with E-state index in [-0.39, 0.29) is 0 Å². The molecule has 1 aromatic carbocycles. The van der Waals surface area contributed by atoms with Crippen LogP contribution in [0.15, 0.2) is 24.3 Å². The predicted molar refractivity (Wildman–Crippen MR) is 71.7 cm³/mol. The molecule has 0 heterocycles. The first-order valence-corrected chi connectivity index (χ1v) is 6.47. The van der Waals surface area contributed by atoms with Gasteiger partial charge in [-0.05, 0) is 49.9 Å². The van der Waals surface area contributed by atoms with E-state index < -0.39 is 0 Å². The van der Waals surface area contributed by atoms with E-state index in [2.05, 4.69) is 36.2 Å². The Hall–Kier alpha value is -1.22. The molecule has 0 unspecified atom stereocenters. The number of ether oxygens (including phenoxy) is 1. The SMILES string of the molecule is CN(CCN)c1ccc(OC2CCCC2)cc1. The van der Waals surface area contributed by atoms with Crippen LogP contribution in [0.3, 0.4) is 0 Å². The number of hydrogen-bond acceptors (Lipinski definition) is 3. The van der Waals surface area contributed by atoms with Crippen molar-refractivity contribution in [1.29, 1.82) is 0 Å². The highest BCUT2D eigenvalue weighted by Gasteiger charge is 2.16. The second kappa shape index (κ2) is 5.92. The maximum atomic E-state index is 5.93. The summed E-state index contributed by atoms with van der Waals surface area (Å²) in [6, 6.07) is 8.31. The predicted octanol–water partition coefficient (Wildman–Crippen LogP) is 2.40. The normalized spacial score (nSPS) is 16.1. The van der Waals surface area contributed by atoms with Crippen LogP contribution < -0.4 is 15.4 Å². The molecule has 0 spiro atoms. The molecule has 0 aromatic heterocycles. The van der Waals surface area contributed by atoms with Crippen molar-refractivity contribution >= 4 is 5.69 Å². The Morgan fingerprint density at radius 1 is 1.24 bits per heavy atom. The Balaban J connectivity index is 1.92. The highest BCUT2D eigenvalue weighted by Crippen LogP contribution is 2.25. The van der Waals surface area contributed by atoms with Gasteiger partial charge in [0.2, 0.25) is 0 Å². The molecule has 0 saturated heterocycles. The van der Waals surface area contributed by atoms with E-state index in [9.17, 15) is 0 Å². The van der Waals surface area contributed by atoms with Gasteiger partial charge in [-0.2, -0.15) is 0 Å². The van der Waals surface area contributed by atoms with Crippen molar-refractivity contribution in [2.45, 2.75) is 31.8 Å². The quantitative estimate of drug-likeness (QED) is 0.850. The minimum atomic E-state index is 0.433. The van der Waals surface area contributed by atoms with Crippen LogP contribution in [-0.4, -0.2) is 26.2 Å². The van der Waals surface area contributed by atoms with Gasteiger partial charge in [-0.15, -0.1) is 0 Å². The van der Waals surface area contributed by atoms with E-state index in [1.165, 1.54) is 31.4 Å². The van der Waals surface area contributed by atoms with Gasteiger partial charge in [-0.3, -0.25) is 0 Å². The van der Waals surface area contributed by atoms with Crippen LogP contribution in [0.5, 0.6) is 5.75 Å². The lowest BCUT2D eigenvalue weighted by Crippen LogP contribution is -2.24. The van der Waals surface area contributed by atoms with Crippen molar-refractivity contribution in [1.82, 2.24) is 0 Å². The topological polar surface area (TPSA) is 38.5 Å². The van der Waals surface area contributed by atoms with Gasteiger partial charge >= 0.3 is 0 Å². The number of nitrogens with zero attached hydrogens (tertiary/aromatic N) is 1. The van der Waals surface area contributed by atoms with Gasteiger partial charge in [0, 0.05) is 25.8 Å². The Bertz CT molecular complexity index is 331. The van der Waals surface area contributed by atoms with E-state index in [4.69, 9.17) is 10.5 Å². The zero-order valence-electron chi connectivity index (χ0n) is 10.6. The van der Waals surface area contributed by atoms with Gasteiger partial charge in [-0.1, -0.05) is 0 Å². The Morgan fingerprint density at radius 3 is 2.47 bits per heavy atom. The Labute approximate surface area is 104 Å². The molecular weight excluding hydrogens is 212 g/mol. The molecule has 94 valence electrons. The van der Waals surface area contributed by atoms with Gasteiger partial charge in [-0.25, -0.2) is 0 Å². The molecule has 2 N–H and O–H groups in total. The van der Waals surface area contributed by atoms with Crippen LogP contribution in [0.2, 0.25) is 0 Å². The van der Waals surface area contributed by atoms with Crippen molar-refractivity contribution in [2.24, 2.45) is 5.73 Å². The summed E-state index contributed by atoms with van der Waals surface area (Å²) in [5.41, 5.74) is 6.73. The molecule has 0 amide bonds. The molecule has 2 rings (SSSR count). The van der Waals surface area contributed by atoms with E-state index >= 15 is 0 Å². The number of likely N-dealkylation sites (N-methyl/N-ethyl adjacent to an activating group) is 1. The molecule has 0 radical (unpaired) electrons. The molecule has 1 saturated carbocycles. The fraction of sp³-hybridized carbons (Fsp3) is 0.571. The number of benzene rings is 1. The summed E-state index contributed by atoms with van der Waals surface area (Å²) in [5, 5.41) is 0. The van der Waals surface area contributed by atoms with Crippen LogP contribution in [0.4, 0.5) is 5.69 Å². The maximum absolute atomic E-state index is 5.93. The van der Waals surface area contributed by atoms with E-state index in [0.717, 1.165) is 12.3 Å². The van der Waals surface area contributed by atoms with Crippen molar-refractivity contribution in [3.63, 3.8) is 0 Å². The number of rotatable bonds is 5. The molecule has 1 aliphatic carbocycles. The summed E-state index contributed by atoms with van der Waals surface area (Å²) in [6.07, 6.45) is 5.45. The molecule has 1 aliphatic rings. The van der Waals surface area contributed by atoms with Gasteiger partial charge in [0.1, 0.15) is 5.75 Å². The summed E-state index contributed by atoms with van der Waals surface area (Å²) in [5.74, 6) is 0.988. The molecule has 0 aliphatic heterocycles. The molecular formula is C14H22N2O. The fourth-order valence-electron chi connectivity index (χ4n) is 2.30. The average molecular weight is 234 g/mol. The van der Waals surface area contributed by atoms with Gasteiger partial charge in [0.25, 0.3) is 0 Å². The maximum Gasteiger partial charge on any atom is 0.119 e. The highest BCUT2D eigenvalue weighted by molar-refractivity contribution is 5.48. The fourth-order valence-corrected chi connectivity index (χ4v) is 2.30. The average Bonchev–Trinajstić information content (AvgIpc) is 2.83. The van der Waals surface area contributed by atoms with Crippen molar-refractivity contribution in [2.75, 3.05) is 25.0 Å².